The fourth-order valence-corrected chi connectivity index (χ4v) is 7.54. The fourth-order valence-electron chi connectivity index (χ4n) is 3.75. The lowest BCUT2D eigenvalue weighted by atomic mass is 10.1. The van der Waals surface area contributed by atoms with Crippen molar-refractivity contribution in [2.24, 2.45) is 0 Å². The highest BCUT2D eigenvalue weighted by molar-refractivity contribution is 7.92. The molecule has 0 amide bonds. The summed E-state index contributed by atoms with van der Waals surface area (Å²) in [6.07, 6.45) is 0.909. The lowest BCUT2D eigenvalue weighted by Crippen LogP contribution is -2.60. The third-order valence-corrected chi connectivity index (χ3v) is 8.52. The van der Waals surface area contributed by atoms with Crippen LogP contribution >= 0.6 is 0 Å². The summed E-state index contributed by atoms with van der Waals surface area (Å²) >= 11 is 0. The molecule has 140 valence electrons. The highest BCUT2D eigenvalue weighted by atomic mass is 32.2. The highest BCUT2D eigenvalue weighted by Crippen LogP contribution is 2.32. The average molecular weight is 389 g/mol. The number of nitrogens with zero attached hydrogens (tertiary/aromatic N) is 2. The first kappa shape index (κ1) is 18.6. The van der Waals surface area contributed by atoms with Crippen LogP contribution in [-0.2, 0) is 19.9 Å². The number of methoxy groups -OCH3 is 1. The second kappa shape index (κ2) is 6.86. The van der Waals surface area contributed by atoms with Crippen molar-refractivity contribution in [3.63, 3.8) is 0 Å². The Morgan fingerprint density at radius 1 is 1.20 bits per heavy atom. The van der Waals surface area contributed by atoms with Crippen molar-refractivity contribution in [3.05, 3.63) is 24.3 Å². The van der Waals surface area contributed by atoms with Crippen molar-refractivity contribution >= 4 is 19.9 Å². The first-order chi connectivity index (χ1) is 11.8. The second-order valence-corrected chi connectivity index (χ2v) is 10.6. The molecule has 3 rings (SSSR count). The van der Waals surface area contributed by atoms with E-state index in [0.717, 1.165) is 13.0 Å². The van der Waals surface area contributed by atoms with Gasteiger partial charge in [0.25, 0.3) is 0 Å². The van der Waals surface area contributed by atoms with Gasteiger partial charge in [0.15, 0.2) is 9.84 Å². The van der Waals surface area contributed by atoms with Gasteiger partial charge in [0.2, 0.25) is 10.0 Å². The summed E-state index contributed by atoms with van der Waals surface area (Å²) in [4.78, 5) is 2.26. The zero-order chi connectivity index (χ0) is 18.2. The molecular weight excluding hydrogens is 364 g/mol. The summed E-state index contributed by atoms with van der Waals surface area (Å²) in [6.45, 7) is 3.67. The van der Waals surface area contributed by atoms with Crippen LogP contribution in [0.1, 0.15) is 13.3 Å². The van der Waals surface area contributed by atoms with Gasteiger partial charge in [-0.1, -0.05) is 13.0 Å². The number of ether oxygens (including phenoxy) is 1. The van der Waals surface area contributed by atoms with Crippen LogP contribution in [0.25, 0.3) is 0 Å². The Balaban J connectivity index is 1.96. The number of piperazine rings is 1. The van der Waals surface area contributed by atoms with Gasteiger partial charge in [-0.15, -0.1) is 0 Å². The Labute approximate surface area is 149 Å². The van der Waals surface area contributed by atoms with E-state index in [1.54, 1.807) is 12.1 Å². The standard InChI is InChI=1S/C16H24N2O5S2/c1-3-7-17-8-9-18(16-12-24(19,20)11-15(16)17)25(21,22)14-6-4-5-13(10-14)23-2/h4-6,10,15-16H,3,7-9,11-12H2,1-2H3/t15-,16+/m1/s1. The molecule has 7 nitrogen and oxygen atoms in total. The van der Waals surface area contributed by atoms with Gasteiger partial charge in [0, 0.05) is 25.2 Å². The van der Waals surface area contributed by atoms with E-state index in [9.17, 15) is 16.8 Å². The van der Waals surface area contributed by atoms with Gasteiger partial charge >= 0.3 is 0 Å². The molecule has 2 fully saturated rings. The molecule has 1 aromatic rings. The minimum absolute atomic E-state index is 0.0296. The smallest absolute Gasteiger partial charge is 0.243 e. The topological polar surface area (TPSA) is 84.0 Å². The minimum atomic E-state index is -3.78. The van der Waals surface area contributed by atoms with Crippen molar-refractivity contribution in [1.82, 2.24) is 9.21 Å². The van der Waals surface area contributed by atoms with Crippen LogP contribution in [0.3, 0.4) is 0 Å². The van der Waals surface area contributed by atoms with E-state index in [-0.39, 0.29) is 22.4 Å². The average Bonchev–Trinajstić information content (AvgIpc) is 2.90. The molecule has 2 aliphatic heterocycles. The number of rotatable bonds is 5. The molecule has 0 saturated carbocycles. The normalized spacial score (nSPS) is 27.1. The molecule has 2 aliphatic rings. The van der Waals surface area contributed by atoms with Crippen LogP contribution in [0.2, 0.25) is 0 Å². The third kappa shape index (κ3) is 3.55. The third-order valence-electron chi connectivity index (χ3n) is 4.90. The van der Waals surface area contributed by atoms with Crippen molar-refractivity contribution in [2.45, 2.75) is 30.3 Å². The van der Waals surface area contributed by atoms with Crippen molar-refractivity contribution in [2.75, 3.05) is 38.2 Å². The molecule has 0 aliphatic carbocycles. The van der Waals surface area contributed by atoms with Crippen LogP contribution in [0.5, 0.6) is 5.75 Å². The number of hydrogen-bond donors (Lipinski definition) is 0. The summed E-state index contributed by atoms with van der Waals surface area (Å²) in [5.74, 6) is 0.379. The second-order valence-electron chi connectivity index (χ2n) is 6.54. The van der Waals surface area contributed by atoms with Gasteiger partial charge in [0.1, 0.15) is 5.75 Å². The highest BCUT2D eigenvalue weighted by Gasteiger charge is 2.50. The Morgan fingerprint density at radius 3 is 2.60 bits per heavy atom. The maximum absolute atomic E-state index is 13.1. The van der Waals surface area contributed by atoms with E-state index in [1.807, 2.05) is 6.92 Å². The summed E-state index contributed by atoms with van der Waals surface area (Å²) in [5, 5.41) is 0. The maximum atomic E-state index is 13.1. The quantitative estimate of drug-likeness (QED) is 0.734. The molecule has 1 aromatic carbocycles. The Bertz CT molecular complexity index is 838. The lowest BCUT2D eigenvalue weighted by molar-refractivity contribution is 0.0957. The van der Waals surface area contributed by atoms with Gasteiger partial charge in [0.05, 0.1) is 29.6 Å². The zero-order valence-electron chi connectivity index (χ0n) is 14.5. The van der Waals surface area contributed by atoms with Crippen LogP contribution in [0, 0.1) is 0 Å². The molecule has 2 saturated heterocycles. The zero-order valence-corrected chi connectivity index (χ0v) is 16.1. The molecule has 0 bridgehead atoms. The van der Waals surface area contributed by atoms with E-state index >= 15 is 0 Å². The fraction of sp³-hybridized carbons (Fsp3) is 0.625. The van der Waals surface area contributed by atoms with Crippen molar-refractivity contribution in [1.29, 1.82) is 0 Å². The van der Waals surface area contributed by atoms with Crippen LogP contribution in [0.4, 0.5) is 0 Å². The predicted octanol–water partition coefficient (Wildman–Crippen LogP) is 0.577. The van der Waals surface area contributed by atoms with E-state index < -0.39 is 25.9 Å². The van der Waals surface area contributed by atoms with Gasteiger partial charge in [-0.3, -0.25) is 4.90 Å². The number of sulfone groups is 1. The molecule has 0 spiro atoms. The largest absolute Gasteiger partial charge is 0.497 e. The predicted molar refractivity (Wildman–Crippen MR) is 95.0 cm³/mol. The lowest BCUT2D eigenvalue weighted by Gasteiger charge is -2.42. The number of hydrogen-bond acceptors (Lipinski definition) is 6. The molecule has 9 heteroatoms. The van der Waals surface area contributed by atoms with Gasteiger partial charge in [-0.25, -0.2) is 16.8 Å². The summed E-state index contributed by atoms with van der Waals surface area (Å²) in [7, 11) is -5.53. The molecule has 0 aromatic heterocycles. The van der Waals surface area contributed by atoms with E-state index in [2.05, 4.69) is 4.90 Å². The Morgan fingerprint density at radius 2 is 1.92 bits per heavy atom. The Hall–Kier alpha value is -1.16. The molecule has 2 atom stereocenters. The SMILES string of the molecule is CCCN1CCN(S(=O)(=O)c2cccc(OC)c2)[C@H]2CS(=O)(=O)C[C@H]21. The molecule has 2 heterocycles. The molecule has 0 N–H and O–H groups in total. The first-order valence-corrected chi connectivity index (χ1v) is 11.6. The number of benzene rings is 1. The van der Waals surface area contributed by atoms with Gasteiger partial charge in [-0.2, -0.15) is 4.31 Å². The molecule has 0 radical (unpaired) electrons. The molecular formula is C16H24N2O5S2. The van der Waals surface area contributed by atoms with E-state index in [0.29, 0.717) is 18.8 Å². The summed E-state index contributed by atoms with van der Waals surface area (Å²) < 4.78 is 57.1. The van der Waals surface area contributed by atoms with Gasteiger partial charge in [-0.05, 0) is 25.1 Å². The summed E-state index contributed by atoms with van der Waals surface area (Å²) in [6, 6.07) is 5.52. The molecule has 25 heavy (non-hydrogen) atoms. The number of fused-ring (bicyclic) bond motifs is 1. The van der Waals surface area contributed by atoms with Crippen molar-refractivity contribution in [3.8, 4) is 5.75 Å². The summed E-state index contributed by atoms with van der Waals surface area (Å²) in [5.41, 5.74) is 0. The first-order valence-electron chi connectivity index (χ1n) is 8.39. The monoisotopic (exact) mass is 388 g/mol. The maximum Gasteiger partial charge on any atom is 0.243 e. The van der Waals surface area contributed by atoms with E-state index in [4.69, 9.17) is 4.74 Å². The van der Waals surface area contributed by atoms with Crippen LogP contribution < -0.4 is 4.74 Å². The van der Waals surface area contributed by atoms with Crippen LogP contribution in [-0.4, -0.2) is 76.4 Å². The Kier molecular flexibility index (Phi) is 5.11. The number of sulfonamides is 1. The molecule has 0 unspecified atom stereocenters. The van der Waals surface area contributed by atoms with Crippen molar-refractivity contribution < 1.29 is 21.6 Å². The minimum Gasteiger partial charge on any atom is -0.497 e. The van der Waals surface area contributed by atoms with Gasteiger partial charge < -0.3 is 4.74 Å². The van der Waals surface area contributed by atoms with Crippen LogP contribution in [0.15, 0.2) is 29.2 Å². The van der Waals surface area contributed by atoms with E-state index in [1.165, 1.54) is 23.5 Å².